The maximum Gasteiger partial charge on any atom is 0.248 e. The zero-order chi connectivity index (χ0) is 76.2. The molecule has 0 aromatic carbocycles. The Labute approximate surface area is 600 Å². The quantitative estimate of drug-likeness (QED) is 0.116. The van der Waals surface area contributed by atoms with E-state index in [1.54, 1.807) is 39.5 Å². The van der Waals surface area contributed by atoms with E-state index < -0.39 is 174 Å². The molecule has 0 aromatic rings. The summed E-state index contributed by atoms with van der Waals surface area (Å²) in [6, 6.07) is -13.8. The Morgan fingerprint density at radius 2 is 1.01 bits per heavy atom. The van der Waals surface area contributed by atoms with Crippen LogP contribution in [0.25, 0.3) is 0 Å². The lowest BCUT2D eigenvalue weighted by Gasteiger charge is -2.38. The largest absolute Gasteiger partial charge is 0.391 e. The average Bonchev–Trinajstić information content (AvgIpc) is 0.823. The molecule has 4 fully saturated rings. The number of likely N-dealkylation sites (N-methyl/N-ethyl adjacent to an activating group) is 6. The molecule has 28 heteroatoms. The summed E-state index contributed by atoms with van der Waals surface area (Å²) in [5.41, 5.74) is -0.848. The Morgan fingerprint density at radius 3 is 1.55 bits per heavy atom. The van der Waals surface area contributed by atoms with Gasteiger partial charge >= 0.3 is 0 Å². The van der Waals surface area contributed by atoms with Gasteiger partial charge in [-0.25, -0.2) is 4.39 Å². The van der Waals surface area contributed by atoms with E-state index in [0.29, 0.717) is 25.9 Å². The summed E-state index contributed by atoms with van der Waals surface area (Å²) >= 11 is 0. The first-order chi connectivity index (χ1) is 47.0. The lowest BCUT2D eigenvalue weighted by molar-refractivity contribution is -0.151. The molecule has 101 heavy (non-hydrogen) atoms. The van der Waals surface area contributed by atoms with Gasteiger partial charge in [-0.3, -0.25) is 57.5 Å². The van der Waals surface area contributed by atoms with Crippen LogP contribution in [0.2, 0.25) is 0 Å². The molecule has 0 radical (unpaired) electrons. The van der Waals surface area contributed by atoms with Crippen molar-refractivity contribution in [2.24, 2.45) is 35.5 Å². The van der Waals surface area contributed by atoms with Gasteiger partial charge in [0.25, 0.3) is 0 Å². The maximum absolute atomic E-state index is 15.4. The number of carbonyl (C=O) groups excluding carboxylic acids is 12. The van der Waals surface area contributed by atoms with Gasteiger partial charge in [-0.2, -0.15) is 0 Å². The van der Waals surface area contributed by atoms with Crippen LogP contribution in [0.1, 0.15) is 206 Å². The van der Waals surface area contributed by atoms with Gasteiger partial charge in [0.15, 0.2) is 0 Å². The van der Waals surface area contributed by atoms with Gasteiger partial charge in [-0.1, -0.05) is 87.5 Å². The van der Waals surface area contributed by atoms with Crippen LogP contribution in [0.15, 0.2) is 0 Å². The highest BCUT2D eigenvalue weighted by molar-refractivity contribution is 6.00. The Hall–Kier alpha value is -6.55. The van der Waals surface area contributed by atoms with Crippen LogP contribution in [0.5, 0.6) is 0 Å². The molecular weight excluding hydrogens is 1300 g/mol. The monoisotopic (exact) mass is 1430 g/mol. The van der Waals surface area contributed by atoms with E-state index in [9.17, 15) is 43.8 Å². The molecule has 14 atom stereocenters. The smallest absolute Gasteiger partial charge is 0.248 e. The number of nitrogens with zero attached hydrogens (tertiary/aromatic N) is 7. The molecule has 7 N–H and O–H groups in total. The van der Waals surface area contributed by atoms with Crippen LogP contribution in [-0.4, -0.2) is 268 Å². The molecule has 0 bridgehead atoms. The van der Waals surface area contributed by atoms with Gasteiger partial charge in [0.2, 0.25) is 70.9 Å². The van der Waals surface area contributed by atoms with Crippen molar-refractivity contribution < 1.29 is 76.9 Å². The van der Waals surface area contributed by atoms with E-state index in [1.165, 1.54) is 65.9 Å². The molecule has 27 nitrogen and oxygen atoms in total. The minimum Gasteiger partial charge on any atom is -0.391 e. The number of likely N-dealkylation sites (tertiary alicyclic amines) is 1. The molecule has 4 aliphatic rings. The van der Waals surface area contributed by atoms with Crippen molar-refractivity contribution in [2.45, 2.75) is 290 Å². The Morgan fingerprint density at radius 1 is 0.525 bits per heavy atom. The van der Waals surface area contributed by atoms with Gasteiger partial charge in [0, 0.05) is 55.4 Å². The lowest BCUT2D eigenvalue weighted by atomic mass is 9.81. The molecule has 12 amide bonds. The number of ether oxygens (including phenoxy) is 1. The minimum atomic E-state index is -1.70. The SMILES string of the molecule is CC(C)C[C@H]1NC(=O)C[C@@H](C(=O)N2CCCCC2)NC(=O)[C@H](C)N(C)C(=O)[C@H](CC(C)C)N(C)C(=O)[C@H](COC(C)(C)C)NC(=O)[C@H](CC(C)C)N(C)C(=O)CN(C)C(=O)[C@H]([C@@H](C)O)NC(=O)[C@H](CC(C)C)N(C)C(=O)[C@H](CC2CCC(O)C(F)C2)NC(=O)[C@H](CC2CCCCC2)N(C)C1=O. The fourth-order valence-electron chi connectivity index (χ4n) is 14.0. The normalized spacial score (nSPS) is 29.3. The van der Waals surface area contributed by atoms with Gasteiger partial charge in [0.05, 0.1) is 37.4 Å². The van der Waals surface area contributed by atoms with Gasteiger partial charge in [-0.15, -0.1) is 0 Å². The van der Waals surface area contributed by atoms with Crippen molar-refractivity contribution in [2.75, 3.05) is 68.5 Å². The van der Waals surface area contributed by atoms with Crippen LogP contribution in [-0.2, 0) is 62.3 Å². The van der Waals surface area contributed by atoms with Crippen molar-refractivity contribution in [3.8, 4) is 0 Å². The number of amides is 12. The fourth-order valence-corrected chi connectivity index (χ4v) is 14.0. The Balaban J connectivity index is 1.96. The summed E-state index contributed by atoms with van der Waals surface area (Å²) in [7, 11) is 8.21. The molecule has 2 aliphatic heterocycles. The zero-order valence-electron chi connectivity index (χ0n) is 64.2. The van der Waals surface area contributed by atoms with E-state index in [0.717, 1.165) is 58.1 Å². The molecule has 3 unspecified atom stereocenters. The molecule has 2 aliphatic carbocycles. The summed E-state index contributed by atoms with van der Waals surface area (Å²) in [4.78, 5) is 187. The first-order valence-corrected chi connectivity index (χ1v) is 37.1. The van der Waals surface area contributed by atoms with Gasteiger partial charge < -0.3 is 75.8 Å². The lowest BCUT2D eigenvalue weighted by Crippen LogP contribution is -2.62. The molecule has 2 heterocycles. The minimum absolute atomic E-state index is 0.00170. The van der Waals surface area contributed by atoms with Crippen molar-refractivity contribution in [1.82, 2.24) is 60.9 Å². The summed E-state index contributed by atoms with van der Waals surface area (Å²) in [5.74, 6) is -10.6. The third-order valence-corrected chi connectivity index (χ3v) is 20.3. The molecule has 0 spiro atoms. The van der Waals surface area contributed by atoms with Crippen LogP contribution in [0.3, 0.4) is 0 Å². The highest BCUT2D eigenvalue weighted by Crippen LogP contribution is 2.33. The molecule has 576 valence electrons. The highest BCUT2D eigenvalue weighted by atomic mass is 19.1. The maximum atomic E-state index is 15.4. The molecule has 2 saturated carbocycles. The van der Waals surface area contributed by atoms with E-state index in [1.807, 2.05) is 41.5 Å². The van der Waals surface area contributed by atoms with Crippen molar-refractivity contribution in [3.05, 3.63) is 0 Å². The fraction of sp³-hybridized carbons (Fsp3) is 0.836. The number of nitrogens with one attached hydrogen (secondary N) is 5. The van der Waals surface area contributed by atoms with E-state index in [4.69, 9.17) is 4.74 Å². The van der Waals surface area contributed by atoms with Crippen LogP contribution < -0.4 is 26.6 Å². The number of carbonyl (C=O) groups is 12. The standard InChI is InChI=1S/C73H127FN12O15/c1-42(2)32-51-67(95)84(18)57(38-48-26-22-20-23-27-48)65(93)77-52(37-49-28-29-59(88)50(74)36-49)68(96)83(17)56(34-44(5)6)66(94)79-62(47(10)87)72(100)80(14)40-61(90)82(16)55(33-43(3)4)64(92)78-54(41-101-73(11,12)13)69(97)85(19)58(35-45(7)8)71(99)81(15)46(9)63(91)76-53(39-60(89)75-51)70(98)86-30-24-21-25-31-86/h42-59,62,87-88H,20-41H2,1-19H3,(H,75,89)(H,76,91)(H,77,93)(H,78,92)(H,79,94)/t46-,47+,49?,50?,51+,52-,53-,54-,55-,56-,57-,58-,59?,62-/m0/s1. The van der Waals surface area contributed by atoms with Gasteiger partial charge in [-0.05, 0) is 147 Å². The topological polar surface area (TPSA) is 337 Å². The number of aliphatic hydroxyl groups excluding tert-OH is 2. The molecular formula is C73H127FN12O15. The molecule has 2 saturated heterocycles. The second-order valence-corrected chi connectivity index (χ2v) is 32.0. The zero-order valence-corrected chi connectivity index (χ0v) is 64.2. The number of alkyl halides is 1. The molecule has 4 rings (SSSR count). The number of hydrogen-bond donors (Lipinski definition) is 7. The number of hydrogen-bond acceptors (Lipinski definition) is 15. The Kier molecular flexibility index (Phi) is 34.3. The number of piperidine rings is 1. The number of rotatable bonds is 16. The summed E-state index contributed by atoms with van der Waals surface area (Å²) < 4.78 is 21.6. The molecule has 0 aromatic heterocycles. The summed E-state index contributed by atoms with van der Waals surface area (Å²) in [6.07, 6.45) is 1.68. The summed E-state index contributed by atoms with van der Waals surface area (Å²) in [5, 5.41) is 35.7. The Bertz CT molecular complexity index is 2810. The van der Waals surface area contributed by atoms with Crippen LogP contribution in [0, 0.1) is 35.5 Å². The number of halogens is 1. The third kappa shape index (κ3) is 26.3. The second kappa shape index (κ2) is 39.9. The van der Waals surface area contributed by atoms with Crippen molar-refractivity contribution >= 4 is 70.9 Å². The van der Waals surface area contributed by atoms with Crippen molar-refractivity contribution in [3.63, 3.8) is 0 Å². The first kappa shape index (κ1) is 86.9. The first-order valence-electron chi connectivity index (χ1n) is 37.1. The highest BCUT2D eigenvalue weighted by Gasteiger charge is 2.44. The second-order valence-electron chi connectivity index (χ2n) is 32.0. The summed E-state index contributed by atoms with van der Waals surface area (Å²) in [6.45, 7) is 22.2. The predicted octanol–water partition coefficient (Wildman–Crippen LogP) is 3.68. The average molecular weight is 1430 g/mol. The van der Waals surface area contributed by atoms with Crippen LogP contribution >= 0.6 is 0 Å². The van der Waals surface area contributed by atoms with E-state index in [2.05, 4.69) is 26.6 Å². The third-order valence-electron chi connectivity index (χ3n) is 20.3. The van der Waals surface area contributed by atoms with E-state index >= 15 is 28.4 Å². The van der Waals surface area contributed by atoms with E-state index in [-0.39, 0.29) is 94.0 Å². The van der Waals surface area contributed by atoms with Gasteiger partial charge in [0.1, 0.15) is 66.6 Å². The number of aliphatic hydroxyl groups is 2. The predicted molar refractivity (Wildman–Crippen MR) is 380 cm³/mol. The van der Waals surface area contributed by atoms with Crippen LogP contribution in [0.4, 0.5) is 4.39 Å². The van der Waals surface area contributed by atoms with Crippen molar-refractivity contribution in [1.29, 1.82) is 0 Å².